The summed E-state index contributed by atoms with van der Waals surface area (Å²) in [6.07, 6.45) is 0.112. The van der Waals surface area contributed by atoms with E-state index in [1.54, 1.807) is 25.1 Å². The number of rotatable bonds is 3. The Balaban J connectivity index is 2.39. The molecule has 4 heteroatoms. The number of hydrogen-bond donors (Lipinski definition) is 1. The van der Waals surface area contributed by atoms with E-state index in [1.165, 1.54) is 6.07 Å². The van der Waals surface area contributed by atoms with Crippen LogP contribution < -0.4 is 0 Å². The lowest BCUT2D eigenvalue weighted by Gasteiger charge is -2.26. The van der Waals surface area contributed by atoms with Gasteiger partial charge in [-0.3, -0.25) is 0 Å². The Morgan fingerprint density at radius 3 is 2.53 bits per heavy atom. The van der Waals surface area contributed by atoms with E-state index in [0.29, 0.717) is 16.1 Å². The van der Waals surface area contributed by atoms with E-state index in [2.05, 4.69) is 15.9 Å². The molecule has 1 nitrogen and oxygen atoms in total. The molecule has 0 saturated heterocycles. The smallest absolute Gasteiger partial charge is 0.128 e. The monoisotopic (exact) mass is 342 g/mol. The van der Waals surface area contributed by atoms with Crippen LogP contribution in [-0.4, -0.2) is 5.11 Å². The fourth-order valence-corrected chi connectivity index (χ4v) is 2.98. The van der Waals surface area contributed by atoms with Crippen molar-refractivity contribution in [2.45, 2.75) is 18.9 Å². The zero-order valence-corrected chi connectivity index (χ0v) is 12.7. The number of hydrogen-bond acceptors (Lipinski definition) is 1. The highest BCUT2D eigenvalue weighted by Crippen LogP contribution is 2.33. The molecule has 1 unspecified atom stereocenters. The third-order valence-electron chi connectivity index (χ3n) is 3.04. The molecule has 0 radical (unpaired) electrons. The van der Waals surface area contributed by atoms with Crippen LogP contribution in [-0.2, 0) is 12.0 Å². The van der Waals surface area contributed by atoms with E-state index in [9.17, 15) is 9.50 Å². The number of benzene rings is 2. The first-order valence-electron chi connectivity index (χ1n) is 5.82. The van der Waals surface area contributed by atoms with Crippen LogP contribution >= 0.6 is 27.5 Å². The molecule has 0 fully saturated rings. The molecule has 2 rings (SSSR count). The van der Waals surface area contributed by atoms with Gasteiger partial charge in [-0.05, 0) is 30.7 Å². The van der Waals surface area contributed by atoms with E-state index in [0.717, 1.165) is 4.47 Å². The predicted octanol–water partition coefficient (Wildman–Crippen LogP) is 4.69. The summed E-state index contributed by atoms with van der Waals surface area (Å²) in [5.41, 5.74) is -0.175. The van der Waals surface area contributed by atoms with Gasteiger partial charge in [-0.1, -0.05) is 51.8 Å². The van der Waals surface area contributed by atoms with E-state index < -0.39 is 11.4 Å². The van der Waals surface area contributed by atoms with Crippen molar-refractivity contribution in [1.82, 2.24) is 0 Å². The van der Waals surface area contributed by atoms with E-state index >= 15 is 0 Å². The molecule has 2 aromatic carbocycles. The van der Waals surface area contributed by atoms with Gasteiger partial charge in [0, 0.05) is 21.5 Å². The fraction of sp³-hybridized carbons (Fsp3) is 0.200. The average Bonchev–Trinajstić information content (AvgIpc) is 2.34. The number of aliphatic hydroxyl groups is 1. The van der Waals surface area contributed by atoms with Crippen molar-refractivity contribution in [2.24, 2.45) is 0 Å². The molecule has 0 amide bonds. The van der Waals surface area contributed by atoms with E-state index in [4.69, 9.17) is 11.6 Å². The van der Waals surface area contributed by atoms with Gasteiger partial charge in [0.25, 0.3) is 0 Å². The molecule has 19 heavy (non-hydrogen) atoms. The van der Waals surface area contributed by atoms with Crippen LogP contribution in [0.25, 0.3) is 0 Å². The maximum atomic E-state index is 13.8. The first-order chi connectivity index (χ1) is 8.92. The summed E-state index contributed by atoms with van der Waals surface area (Å²) in [7, 11) is 0. The molecule has 100 valence electrons. The molecule has 0 bridgehead atoms. The summed E-state index contributed by atoms with van der Waals surface area (Å²) >= 11 is 9.40. The minimum atomic E-state index is -1.20. The highest BCUT2D eigenvalue weighted by molar-refractivity contribution is 9.10. The third-order valence-corrected chi connectivity index (χ3v) is 4.08. The lowest BCUT2D eigenvalue weighted by Crippen LogP contribution is -2.25. The Bertz CT molecular complexity index is 578. The molecule has 0 aromatic heterocycles. The highest BCUT2D eigenvalue weighted by atomic mass is 79.9. The standard InChI is InChI=1S/C15H13BrClFO/c1-15(19,11-5-2-3-6-12(11)16)9-10-13(17)7-4-8-14(10)18/h2-8,19H,9H2,1H3. The zero-order chi connectivity index (χ0) is 14.0. The van der Waals surface area contributed by atoms with Gasteiger partial charge in [-0.2, -0.15) is 0 Å². The summed E-state index contributed by atoms with van der Waals surface area (Å²) in [6, 6.07) is 11.9. The molecule has 1 N–H and O–H groups in total. The van der Waals surface area contributed by atoms with Crippen molar-refractivity contribution in [3.8, 4) is 0 Å². The highest BCUT2D eigenvalue weighted by Gasteiger charge is 2.28. The van der Waals surface area contributed by atoms with Gasteiger partial charge in [0.15, 0.2) is 0 Å². The second-order valence-corrected chi connectivity index (χ2v) is 5.89. The summed E-state index contributed by atoms with van der Waals surface area (Å²) in [5.74, 6) is -0.403. The van der Waals surface area contributed by atoms with E-state index in [1.807, 2.05) is 18.2 Å². The Kier molecular flexibility index (Phi) is 4.29. The van der Waals surface area contributed by atoms with Crippen LogP contribution in [0, 0.1) is 5.82 Å². The molecule has 0 spiro atoms. The minimum absolute atomic E-state index is 0.112. The molecular weight excluding hydrogens is 331 g/mol. The quantitative estimate of drug-likeness (QED) is 0.857. The second-order valence-electron chi connectivity index (χ2n) is 4.63. The van der Waals surface area contributed by atoms with Gasteiger partial charge < -0.3 is 5.11 Å². The zero-order valence-electron chi connectivity index (χ0n) is 10.3. The average molecular weight is 344 g/mol. The largest absolute Gasteiger partial charge is 0.385 e. The van der Waals surface area contributed by atoms with Gasteiger partial charge in [-0.25, -0.2) is 4.39 Å². The normalized spacial score (nSPS) is 14.2. The van der Waals surface area contributed by atoms with Crippen molar-refractivity contribution >= 4 is 27.5 Å². The minimum Gasteiger partial charge on any atom is -0.385 e. The van der Waals surface area contributed by atoms with Crippen LogP contribution in [0.2, 0.25) is 5.02 Å². The Morgan fingerprint density at radius 2 is 1.89 bits per heavy atom. The molecular formula is C15H13BrClFO. The predicted molar refractivity (Wildman–Crippen MR) is 78.8 cm³/mol. The Hall–Kier alpha value is -0.900. The molecule has 2 aromatic rings. The van der Waals surface area contributed by atoms with Crippen LogP contribution in [0.1, 0.15) is 18.1 Å². The van der Waals surface area contributed by atoms with Crippen molar-refractivity contribution in [3.05, 3.63) is 68.9 Å². The summed E-state index contributed by atoms with van der Waals surface area (Å²) < 4.78 is 14.6. The summed E-state index contributed by atoms with van der Waals surface area (Å²) in [6.45, 7) is 1.65. The topological polar surface area (TPSA) is 20.2 Å². The second kappa shape index (κ2) is 5.61. The molecule has 1 atom stereocenters. The molecule has 0 aliphatic carbocycles. The third kappa shape index (κ3) is 3.16. The first-order valence-corrected chi connectivity index (χ1v) is 6.99. The van der Waals surface area contributed by atoms with E-state index in [-0.39, 0.29) is 6.42 Å². The molecule has 0 aliphatic heterocycles. The van der Waals surface area contributed by atoms with Gasteiger partial charge in [0.2, 0.25) is 0 Å². The fourth-order valence-electron chi connectivity index (χ4n) is 2.04. The van der Waals surface area contributed by atoms with Crippen LogP contribution in [0.15, 0.2) is 46.9 Å². The van der Waals surface area contributed by atoms with Crippen LogP contribution in [0.3, 0.4) is 0 Å². The molecule has 0 saturated carbocycles. The molecule has 0 heterocycles. The van der Waals surface area contributed by atoms with Crippen molar-refractivity contribution in [2.75, 3.05) is 0 Å². The maximum Gasteiger partial charge on any atom is 0.128 e. The summed E-state index contributed by atoms with van der Waals surface area (Å²) in [4.78, 5) is 0. The Labute approximate surface area is 125 Å². The van der Waals surface area contributed by atoms with Gasteiger partial charge >= 0.3 is 0 Å². The lowest BCUT2D eigenvalue weighted by atomic mass is 9.89. The van der Waals surface area contributed by atoms with Crippen LogP contribution in [0.5, 0.6) is 0 Å². The maximum absolute atomic E-state index is 13.8. The van der Waals surface area contributed by atoms with Gasteiger partial charge in [0.05, 0.1) is 5.60 Å². The first kappa shape index (κ1) is 14.5. The van der Waals surface area contributed by atoms with Crippen molar-refractivity contribution < 1.29 is 9.50 Å². The van der Waals surface area contributed by atoms with Crippen molar-refractivity contribution in [1.29, 1.82) is 0 Å². The van der Waals surface area contributed by atoms with Gasteiger partial charge in [0.1, 0.15) is 5.82 Å². The van der Waals surface area contributed by atoms with Crippen molar-refractivity contribution in [3.63, 3.8) is 0 Å². The SMILES string of the molecule is CC(O)(Cc1c(F)cccc1Cl)c1ccccc1Br. The summed E-state index contributed by atoms with van der Waals surface area (Å²) in [5, 5.41) is 10.9. The Morgan fingerprint density at radius 1 is 1.21 bits per heavy atom. The lowest BCUT2D eigenvalue weighted by molar-refractivity contribution is 0.0560. The van der Waals surface area contributed by atoms with Gasteiger partial charge in [-0.15, -0.1) is 0 Å². The number of halogens is 3. The van der Waals surface area contributed by atoms with Crippen LogP contribution in [0.4, 0.5) is 4.39 Å². The molecule has 0 aliphatic rings.